The van der Waals surface area contributed by atoms with E-state index < -0.39 is 0 Å². The second-order valence-electron chi connectivity index (χ2n) is 14.5. The minimum absolute atomic E-state index is 0.894. The van der Waals surface area contributed by atoms with Crippen molar-refractivity contribution in [1.29, 1.82) is 0 Å². The molecule has 0 N–H and O–H groups in total. The van der Waals surface area contributed by atoms with E-state index in [2.05, 4.69) is 217 Å². The molecular weight excluding hydrogens is 679 g/mol. The zero-order valence-electron chi connectivity index (χ0n) is 30.6. The number of para-hydroxylation sites is 2. The van der Waals surface area contributed by atoms with Crippen molar-refractivity contribution in [2.75, 3.05) is 4.90 Å². The van der Waals surface area contributed by atoms with Crippen molar-refractivity contribution in [3.63, 3.8) is 0 Å². The Bertz CT molecular complexity index is 3200. The summed E-state index contributed by atoms with van der Waals surface area (Å²) in [5.41, 5.74) is 11.8. The van der Waals surface area contributed by atoms with Gasteiger partial charge in [0.2, 0.25) is 0 Å². The Morgan fingerprint density at radius 3 is 1.30 bits per heavy atom. The lowest BCUT2D eigenvalue weighted by atomic mass is 9.94. The first-order valence-electron chi connectivity index (χ1n) is 19.2. The van der Waals surface area contributed by atoms with Crippen molar-refractivity contribution in [2.24, 2.45) is 0 Å². The molecule has 11 aromatic rings. The highest BCUT2D eigenvalue weighted by atomic mass is 16.3. The molecule has 2 heteroatoms. The largest absolute Gasteiger partial charge is 0.455 e. The summed E-state index contributed by atoms with van der Waals surface area (Å²) in [5, 5.41) is 9.79. The Labute approximate surface area is 325 Å². The first kappa shape index (κ1) is 32.0. The van der Waals surface area contributed by atoms with Crippen LogP contribution in [0.25, 0.3) is 87.6 Å². The molecule has 10 aromatic carbocycles. The van der Waals surface area contributed by atoms with Crippen LogP contribution in [-0.4, -0.2) is 0 Å². The fourth-order valence-corrected chi connectivity index (χ4v) is 8.62. The van der Waals surface area contributed by atoms with Crippen molar-refractivity contribution in [3.05, 3.63) is 212 Å². The van der Waals surface area contributed by atoms with Crippen LogP contribution in [0.1, 0.15) is 0 Å². The van der Waals surface area contributed by atoms with E-state index >= 15 is 0 Å². The molecule has 0 radical (unpaired) electrons. The van der Waals surface area contributed by atoms with Crippen molar-refractivity contribution in [3.8, 4) is 33.4 Å². The van der Waals surface area contributed by atoms with Crippen LogP contribution in [0.2, 0.25) is 0 Å². The smallest absolute Gasteiger partial charge is 0.143 e. The maximum atomic E-state index is 6.86. The van der Waals surface area contributed by atoms with E-state index in [0.29, 0.717) is 0 Å². The number of fused-ring (bicyclic) bond motifs is 9. The third-order valence-electron chi connectivity index (χ3n) is 11.2. The van der Waals surface area contributed by atoms with E-state index in [1.54, 1.807) is 0 Å². The van der Waals surface area contributed by atoms with Crippen LogP contribution in [0.15, 0.2) is 217 Å². The molecule has 0 unspecified atom stereocenters. The van der Waals surface area contributed by atoms with Crippen LogP contribution in [0.3, 0.4) is 0 Å². The van der Waals surface area contributed by atoms with Crippen molar-refractivity contribution in [1.82, 2.24) is 0 Å². The molecule has 262 valence electrons. The zero-order valence-corrected chi connectivity index (χ0v) is 30.6. The van der Waals surface area contributed by atoms with Crippen LogP contribution in [0.5, 0.6) is 0 Å². The summed E-state index contributed by atoms with van der Waals surface area (Å²) < 4.78 is 6.86. The van der Waals surface area contributed by atoms with Crippen LogP contribution in [0.4, 0.5) is 17.1 Å². The van der Waals surface area contributed by atoms with Crippen molar-refractivity contribution in [2.45, 2.75) is 0 Å². The van der Waals surface area contributed by atoms with Gasteiger partial charge in [-0.1, -0.05) is 176 Å². The van der Waals surface area contributed by atoms with Crippen molar-refractivity contribution < 1.29 is 4.42 Å². The molecule has 56 heavy (non-hydrogen) atoms. The average Bonchev–Trinajstić information content (AvgIpc) is 3.67. The maximum absolute atomic E-state index is 6.86. The molecule has 1 heterocycles. The summed E-state index contributed by atoms with van der Waals surface area (Å²) in [6.07, 6.45) is 0. The lowest BCUT2D eigenvalue weighted by molar-refractivity contribution is 0.671. The standard InChI is InChI=1S/C54H35NO/c1-3-14-36(15-4-1)37-28-30-40(31-29-37)55(42-32-33-49-47-22-8-7-20-45(47)46-21-9-10-23-48(46)52(49)35-42)41-19-11-18-39(34-41)44-25-13-27-51-50-26-12-24-43(53(50)56-54(44)51)38-16-5-2-6-17-38/h1-35H. The third kappa shape index (κ3) is 5.26. The van der Waals surface area contributed by atoms with Crippen LogP contribution in [0, 0.1) is 0 Å². The summed E-state index contributed by atoms with van der Waals surface area (Å²) in [7, 11) is 0. The van der Waals surface area contributed by atoms with Gasteiger partial charge in [0, 0.05) is 39.0 Å². The van der Waals surface area contributed by atoms with Crippen LogP contribution < -0.4 is 4.90 Å². The highest BCUT2D eigenvalue weighted by Crippen LogP contribution is 2.44. The summed E-state index contributed by atoms with van der Waals surface area (Å²) in [5.74, 6) is 0. The molecule has 0 aliphatic rings. The SMILES string of the molecule is c1ccc(-c2ccc(N(c3cccc(-c4cccc5c4oc4c(-c6ccccc6)cccc45)c3)c3ccc4c5ccccc5c5ccccc5c4c3)cc2)cc1. The third-order valence-corrected chi connectivity index (χ3v) is 11.2. The monoisotopic (exact) mass is 713 g/mol. The second kappa shape index (κ2) is 13.2. The van der Waals surface area contributed by atoms with E-state index in [0.717, 1.165) is 61.3 Å². The fourth-order valence-electron chi connectivity index (χ4n) is 8.62. The van der Waals surface area contributed by atoms with Gasteiger partial charge in [0.05, 0.1) is 0 Å². The lowest BCUT2D eigenvalue weighted by Gasteiger charge is -2.27. The predicted molar refractivity (Wildman–Crippen MR) is 237 cm³/mol. The molecule has 0 spiro atoms. The average molecular weight is 714 g/mol. The first-order valence-corrected chi connectivity index (χ1v) is 19.2. The van der Waals surface area contributed by atoms with Gasteiger partial charge in [-0.15, -0.1) is 0 Å². The number of rotatable bonds is 6. The van der Waals surface area contributed by atoms with Gasteiger partial charge in [-0.3, -0.25) is 0 Å². The minimum Gasteiger partial charge on any atom is -0.455 e. The number of hydrogen-bond donors (Lipinski definition) is 0. The van der Waals surface area contributed by atoms with E-state index in [9.17, 15) is 0 Å². The summed E-state index contributed by atoms with van der Waals surface area (Å²) in [6, 6.07) is 76.3. The normalized spacial score (nSPS) is 11.6. The molecule has 0 bridgehead atoms. The Morgan fingerprint density at radius 2 is 0.679 bits per heavy atom. The molecule has 0 aliphatic heterocycles. The molecule has 0 atom stereocenters. The molecule has 1 aromatic heterocycles. The number of benzene rings is 10. The van der Waals surface area contributed by atoms with E-state index in [1.807, 2.05) is 0 Å². The fraction of sp³-hybridized carbons (Fsp3) is 0. The molecule has 0 aliphatic carbocycles. The summed E-state index contributed by atoms with van der Waals surface area (Å²) in [6.45, 7) is 0. The molecule has 0 fully saturated rings. The number of furan rings is 1. The lowest BCUT2D eigenvalue weighted by Crippen LogP contribution is -2.10. The zero-order chi connectivity index (χ0) is 37.0. The molecule has 0 saturated heterocycles. The van der Waals surface area contributed by atoms with Crippen LogP contribution >= 0.6 is 0 Å². The Kier molecular flexibility index (Phi) is 7.53. The number of hydrogen-bond acceptors (Lipinski definition) is 2. The van der Waals surface area contributed by atoms with Gasteiger partial charge in [-0.2, -0.15) is 0 Å². The van der Waals surface area contributed by atoms with E-state index in [1.165, 1.54) is 43.4 Å². The minimum atomic E-state index is 0.894. The quantitative estimate of drug-likeness (QED) is 0.160. The maximum Gasteiger partial charge on any atom is 0.143 e. The Hall–Kier alpha value is -7.42. The highest BCUT2D eigenvalue weighted by Gasteiger charge is 2.19. The number of anilines is 3. The molecule has 11 rings (SSSR count). The van der Waals surface area contributed by atoms with Gasteiger partial charge in [0.25, 0.3) is 0 Å². The summed E-state index contributed by atoms with van der Waals surface area (Å²) >= 11 is 0. The first-order chi connectivity index (χ1) is 27.8. The van der Waals surface area contributed by atoms with Gasteiger partial charge in [0.15, 0.2) is 0 Å². The Morgan fingerprint density at radius 1 is 0.250 bits per heavy atom. The van der Waals surface area contributed by atoms with Gasteiger partial charge in [0.1, 0.15) is 11.2 Å². The van der Waals surface area contributed by atoms with Crippen molar-refractivity contribution >= 4 is 71.3 Å². The molecule has 2 nitrogen and oxygen atoms in total. The second-order valence-corrected chi connectivity index (χ2v) is 14.5. The van der Waals surface area contributed by atoms with Gasteiger partial charge in [-0.05, 0) is 91.0 Å². The van der Waals surface area contributed by atoms with Gasteiger partial charge >= 0.3 is 0 Å². The van der Waals surface area contributed by atoms with E-state index in [-0.39, 0.29) is 0 Å². The predicted octanol–water partition coefficient (Wildman–Crippen LogP) is 15.5. The van der Waals surface area contributed by atoms with Gasteiger partial charge < -0.3 is 9.32 Å². The van der Waals surface area contributed by atoms with Gasteiger partial charge in [-0.25, -0.2) is 0 Å². The molecular formula is C54H35NO. The Balaban J connectivity index is 1.10. The highest BCUT2D eigenvalue weighted by molar-refractivity contribution is 6.26. The summed E-state index contributed by atoms with van der Waals surface area (Å²) in [4.78, 5) is 2.38. The topological polar surface area (TPSA) is 16.4 Å². The molecule has 0 amide bonds. The molecule has 0 saturated carbocycles. The number of nitrogens with zero attached hydrogens (tertiary/aromatic N) is 1. The van der Waals surface area contributed by atoms with E-state index in [4.69, 9.17) is 4.42 Å². The van der Waals surface area contributed by atoms with Crippen LogP contribution in [-0.2, 0) is 0 Å².